The molecule has 0 aliphatic heterocycles. The first kappa shape index (κ1) is 35.0. The lowest BCUT2D eigenvalue weighted by molar-refractivity contribution is -0.473. The minimum Gasteiger partial charge on any atom is -0.458 e. The highest BCUT2D eigenvalue weighted by molar-refractivity contribution is 5.79. The third-order valence-electron chi connectivity index (χ3n) is 4.11. The molecule has 0 heterocycles. The zero-order valence-corrected chi connectivity index (χ0v) is 16.8. The number of halogens is 21. The molecule has 23 heteroatoms. The molecule has 0 aliphatic carbocycles. The average molecular weight is 606 g/mol. The fourth-order valence-electron chi connectivity index (χ4n) is 1.97. The molecule has 0 saturated carbocycles. The molecule has 0 spiro atoms. The summed E-state index contributed by atoms with van der Waals surface area (Å²) in [4.78, 5) is 10.9. The molecule has 0 unspecified atom stereocenters. The Morgan fingerprint density at radius 2 is 0.649 bits per heavy atom. The van der Waals surface area contributed by atoms with Gasteiger partial charge in [0.15, 0.2) is 0 Å². The monoisotopic (exact) mass is 606 g/mol. The molecule has 0 amide bonds. The summed E-state index contributed by atoms with van der Waals surface area (Å²) in [5.74, 6) is -82.7. The first-order chi connectivity index (χ1) is 15.6. The summed E-state index contributed by atoms with van der Waals surface area (Å²) in [6, 6.07) is 0. The van der Waals surface area contributed by atoms with Crippen LogP contribution in [0.3, 0.4) is 0 Å². The summed E-state index contributed by atoms with van der Waals surface area (Å²) in [5, 5.41) is 0. The van der Waals surface area contributed by atoms with Crippen LogP contribution in [0.4, 0.5) is 92.2 Å². The second-order valence-corrected chi connectivity index (χ2v) is 7.12. The van der Waals surface area contributed by atoms with Crippen LogP contribution in [0, 0.1) is 0 Å². The maximum absolute atomic E-state index is 13.5. The molecule has 0 rings (SSSR count). The van der Waals surface area contributed by atoms with Gasteiger partial charge in [-0.05, 0) is 13.8 Å². The van der Waals surface area contributed by atoms with Crippen molar-refractivity contribution in [3.05, 3.63) is 0 Å². The van der Waals surface area contributed by atoms with Crippen LogP contribution in [0.15, 0.2) is 0 Å². The van der Waals surface area contributed by atoms with Gasteiger partial charge in [-0.1, -0.05) is 0 Å². The first-order valence-corrected chi connectivity index (χ1v) is 8.27. The number of hydrogen-bond donors (Lipinski definition) is 0. The Morgan fingerprint density at radius 3 is 0.865 bits per heavy atom. The number of carbonyl (C=O) groups excluding carboxylic acids is 1. The van der Waals surface area contributed by atoms with Crippen molar-refractivity contribution < 1.29 is 102 Å². The molecule has 222 valence electrons. The number of rotatable bonds is 10. The maximum atomic E-state index is 13.5. The van der Waals surface area contributed by atoms with E-state index in [2.05, 4.69) is 4.74 Å². The van der Waals surface area contributed by atoms with Crippen molar-refractivity contribution in [2.24, 2.45) is 0 Å². The van der Waals surface area contributed by atoms with Crippen molar-refractivity contribution in [1.82, 2.24) is 0 Å². The molecule has 0 aromatic rings. The first-order valence-electron chi connectivity index (χ1n) is 8.27. The van der Waals surface area contributed by atoms with Crippen LogP contribution in [0.5, 0.6) is 0 Å². The van der Waals surface area contributed by atoms with E-state index in [-0.39, 0.29) is 0 Å². The molecule has 0 N–H and O–H groups in total. The van der Waals surface area contributed by atoms with E-state index in [1.54, 1.807) is 0 Å². The Labute approximate surface area is 188 Å². The van der Waals surface area contributed by atoms with E-state index >= 15 is 0 Å². The molecule has 0 aromatic carbocycles. The third-order valence-corrected chi connectivity index (χ3v) is 4.11. The van der Waals surface area contributed by atoms with E-state index in [0.29, 0.717) is 13.8 Å². The van der Waals surface area contributed by atoms with Crippen molar-refractivity contribution >= 4 is 5.97 Å². The summed E-state index contributed by atoms with van der Waals surface area (Å²) < 4.78 is 279. The van der Waals surface area contributed by atoms with Gasteiger partial charge in [0.25, 0.3) is 0 Å². The van der Waals surface area contributed by atoms with Crippen LogP contribution in [0.25, 0.3) is 0 Å². The third kappa shape index (κ3) is 4.40. The van der Waals surface area contributed by atoms with E-state index in [4.69, 9.17) is 0 Å². The van der Waals surface area contributed by atoms with Crippen molar-refractivity contribution in [2.45, 2.75) is 79.4 Å². The second-order valence-electron chi connectivity index (χ2n) is 7.12. The standard InChI is InChI=1S/C14H7F21O2/c1-3(2)37-4(36)5(15,16)6(17,18)7(19,20)8(21,22)9(23,24)10(25,26)11(27,28)12(29,30)13(31,32)14(33,34)35/h3H,1-2H3. The molecule has 0 radical (unpaired) electrons. The smallest absolute Gasteiger partial charge is 0.458 e. The van der Waals surface area contributed by atoms with Gasteiger partial charge in [-0.2, -0.15) is 92.2 Å². The van der Waals surface area contributed by atoms with Gasteiger partial charge in [0.2, 0.25) is 0 Å². The Hall–Kier alpha value is -2.00. The summed E-state index contributed by atoms with van der Waals surface area (Å²) in [7, 11) is 0. The maximum Gasteiger partial charge on any atom is 0.460 e. The SMILES string of the molecule is CC(C)OC(=O)C(F)(F)C(F)(F)C(F)(F)C(F)(F)C(F)(F)C(F)(F)C(F)(F)C(F)(F)C(F)(F)C(F)(F)F. The number of alkyl halides is 21. The number of ether oxygens (including phenoxy) is 1. The van der Waals surface area contributed by atoms with Gasteiger partial charge >= 0.3 is 65.4 Å². The van der Waals surface area contributed by atoms with Gasteiger partial charge < -0.3 is 4.74 Å². The highest BCUT2D eigenvalue weighted by atomic mass is 19.4. The highest BCUT2D eigenvalue weighted by Gasteiger charge is 2.98. The molecule has 0 aromatic heterocycles. The summed E-state index contributed by atoms with van der Waals surface area (Å²) in [5.41, 5.74) is 0. The van der Waals surface area contributed by atoms with Crippen LogP contribution in [0.1, 0.15) is 13.8 Å². The van der Waals surface area contributed by atoms with Crippen molar-refractivity contribution in [3.63, 3.8) is 0 Å². The van der Waals surface area contributed by atoms with Crippen molar-refractivity contribution in [3.8, 4) is 0 Å². The lowest BCUT2D eigenvalue weighted by Gasteiger charge is -2.44. The molecule has 0 fully saturated rings. The molecular weight excluding hydrogens is 599 g/mol. The second kappa shape index (κ2) is 8.76. The van der Waals surface area contributed by atoms with Crippen molar-refractivity contribution in [2.75, 3.05) is 0 Å². The largest absolute Gasteiger partial charge is 0.460 e. The number of esters is 1. The molecular formula is C14H7F21O2. The van der Waals surface area contributed by atoms with Gasteiger partial charge in [-0.15, -0.1) is 0 Å². The summed E-state index contributed by atoms with van der Waals surface area (Å²) in [6.45, 7) is 1.01. The number of carbonyl (C=O) groups is 1. The van der Waals surface area contributed by atoms with E-state index < -0.39 is 71.6 Å². The van der Waals surface area contributed by atoms with Crippen LogP contribution >= 0.6 is 0 Å². The molecule has 0 atom stereocenters. The van der Waals surface area contributed by atoms with Gasteiger partial charge in [-0.25, -0.2) is 4.79 Å². The molecule has 0 aliphatic rings. The Balaban J connectivity index is 7.08. The Bertz CT molecular complexity index is 852. The van der Waals surface area contributed by atoms with Gasteiger partial charge in [0.1, 0.15) is 0 Å². The lowest BCUT2D eigenvalue weighted by Crippen LogP contribution is -2.77. The van der Waals surface area contributed by atoms with Gasteiger partial charge in [0, 0.05) is 0 Å². The predicted molar refractivity (Wildman–Crippen MR) is 71.8 cm³/mol. The molecule has 0 bridgehead atoms. The molecule has 2 nitrogen and oxygen atoms in total. The minimum absolute atomic E-state index is 0.507. The van der Waals surface area contributed by atoms with Crippen molar-refractivity contribution in [1.29, 1.82) is 0 Å². The zero-order valence-electron chi connectivity index (χ0n) is 16.8. The van der Waals surface area contributed by atoms with Crippen LogP contribution in [-0.4, -0.2) is 71.6 Å². The van der Waals surface area contributed by atoms with Crippen LogP contribution in [0.2, 0.25) is 0 Å². The number of hydrogen-bond acceptors (Lipinski definition) is 2. The van der Waals surface area contributed by atoms with E-state index in [1.165, 1.54) is 0 Å². The fourth-order valence-corrected chi connectivity index (χ4v) is 1.97. The predicted octanol–water partition coefficient (Wildman–Crippen LogP) is 7.22. The Morgan fingerprint density at radius 1 is 0.432 bits per heavy atom. The average Bonchev–Trinajstić information content (AvgIpc) is 2.65. The normalized spacial score (nSPS) is 16.3. The fraction of sp³-hybridized carbons (Fsp3) is 0.929. The minimum atomic E-state index is -9.26. The highest BCUT2D eigenvalue weighted by Crippen LogP contribution is 2.66. The zero-order chi connectivity index (χ0) is 30.9. The quantitative estimate of drug-likeness (QED) is 0.194. The Kier molecular flexibility index (Phi) is 8.29. The van der Waals surface area contributed by atoms with Gasteiger partial charge in [-0.3, -0.25) is 0 Å². The van der Waals surface area contributed by atoms with Crippen LogP contribution in [-0.2, 0) is 9.53 Å². The topological polar surface area (TPSA) is 26.3 Å². The van der Waals surface area contributed by atoms with Crippen LogP contribution < -0.4 is 0 Å². The van der Waals surface area contributed by atoms with E-state index in [0.717, 1.165) is 0 Å². The van der Waals surface area contributed by atoms with E-state index in [9.17, 15) is 97.0 Å². The van der Waals surface area contributed by atoms with E-state index in [1.807, 2.05) is 0 Å². The molecule has 0 saturated heterocycles. The lowest BCUT2D eigenvalue weighted by atomic mass is 9.86. The summed E-state index contributed by atoms with van der Waals surface area (Å²) in [6.07, 6.45) is -10.0. The molecule has 37 heavy (non-hydrogen) atoms. The van der Waals surface area contributed by atoms with Gasteiger partial charge in [0.05, 0.1) is 6.10 Å². The summed E-state index contributed by atoms with van der Waals surface area (Å²) >= 11 is 0.